The molecule has 0 aliphatic carbocycles. The molecule has 1 heterocycles. The second kappa shape index (κ2) is 4.18. The molecule has 0 fully saturated rings. The monoisotopic (exact) mass is 207 g/mol. The first-order valence-electron chi connectivity index (χ1n) is 4.74. The summed E-state index contributed by atoms with van der Waals surface area (Å²) >= 11 is 0. The van der Waals surface area contributed by atoms with E-state index >= 15 is 0 Å². The lowest BCUT2D eigenvalue weighted by molar-refractivity contribution is 0.227. The van der Waals surface area contributed by atoms with E-state index in [0.29, 0.717) is 6.54 Å². The van der Waals surface area contributed by atoms with Crippen LogP contribution in [0.1, 0.15) is 5.56 Å². The molecule has 0 radical (unpaired) electrons. The van der Waals surface area contributed by atoms with Crippen molar-refractivity contribution in [2.45, 2.75) is 12.5 Å². The smallest absolute Gasteiger partial charge is 0.213 e. The number of hydrogen-bond donors (Lipinski definition) is 3. The fraction of sp³-hybridized carbons (Fsp3) is 0.300. The summed E-state index contributed by atoms with van der Waals surface area (Å²) in [5, 5.41) is 8.44. The Labute approximate surface area is 87.5 Å². The highest BCUT2D eigenvalue weighted by Gasteiger charge is 2.21. The first kappa shape index (κ1) is 9.79. The van der Waals surface area contributed by atoms with Crippen LogP contribution in [-0.4, -0.2) is 23.8 Å². The number of guanidine groups is 1. The predicted octanol–water partition coefficient (Wildman–Crippen LogP) is 0.284. The van der Waals surface area contributed by atoms with Crippen molar-refractivity contribution in [2.24, 2.45) is 10.7 Å². The highest BCUT2D eigenvalue weighted by atomic mass is 16.5. The number of hydroxylamine groups is 1. The number of ether oxygens (including phenoxy) is 1. The second-order valence-corrected chi connectivity index (χ2v) is 3.39. The van der Waals surface area contributed by atoms with Crippen LogP contribution >= 0.6 is 0 Å². The summed E-state index contributed by atoms with van der Waals surface area (Å²) in [7, 11) is 0. The third-order valence-corrected chi connectivity index (χ3v) is 2.29. The SMILES string of the molecule is NC(=NCC1Cc2ccccc2O1)NO. The molecule has 4 N–H and O–H groups in total. The molecule has 1 aliphatic rings. The van der Waals surface area contributed by atoms with Gasteiger partial charge in [-0.15, -0.1) is 0 Å². The van der Waals surface area contributed by atoms with Crippen LogP contribution in [0.3, 0.4) is 0 Å². The van der Waals surface area contributed by atoms with E-state index in [1.54, 1.807) is 5.48 Å². The van der Waals surface area contributed by atoms with Crippen molar-refractivity contribution in [3.05, 3.63) is 29.8 Å². The Balaban J connectivity index is 1.96. The molecule has 1 atom stereocenters. The predicted molar refractivity (Wildman–Crippen MR) is 56.0 cm³/mol. The number of para-hydroxylation sites is 1. The lowest BCUT2D eigenvalue weighted by Crippen LogP contribution is -2.30. The first-order chi connectivity index (χ1) is 7.29. The van der Waals surface area contributed by atoms with Gasteiger partial charge < -0.3 is 10.5 Å². The van der Waals surface area contributed by atoms with Gasteiger partial charge in [0.1, 0.15) is 11.9 Å². The largest absolute Gasteiger partial charge is 0.488 e. The molecule has 0 spiro atoms. The molecule has 1 aliphatic heterocycles. The van der Waals surface area contributed by atoms with Crippen LogP contribution in [-0.2, 0) is 6.42 Å². The summed E-state index contributed by atoms with van der Waals surface area (Å²) in [6, 6.07) is 7.89. The zero-order chi connectivity index (χ0) is 10.7. The molecule has 1 unspecified atom stereocenters. The summed E-state index contributed by atoms with van der Waals surface area (Å²) in [4.78, 5) is 3.92. The van der Waals surface area contributed by atoms with Crippen molar-refractivity contribution in [3.8, 4) is 5.75 Å². The highest BCUT2D eigenvalue weighted by Crippen LogP contribution is 2.27. The van der Waals surface area contributed by atoms with Crippen LogP contribution in [0.5, 0.6) is 5.75 Å². The molecule has 0 amide bonds. The molecule has 0 aromatic heterocycles. The van der Waals surface area contributed by atoms with Crippen LogP contribution < -0.4 is 16.0 Å². The average Bonchev–Trinajstić information content (AvgIpc) is 2.68. The first-order valence-corrected chi connectivity index (χ1v) is 4.74. The van der Waals surface area contributed by atoms with Crippen LogP contribution in [0.4, 0.5) is 0 Å². The summed E-state index contributed by atoms with van der Waals surface area (Å²) in [5.74, 6) is 0.919. The van der Waals surface area contributed by atoms with Crippen molar-refractivity contribution in [2.75, 3.05) is 6.54 Å². The van der Waals surface area contributed by atoms with Gasteiger partial charge >= 0.3 is 0 Å². The fourth-order valence-electron chi connectivity index (χ4n) is 1.59. The van der Waals surface area contributed by atoms with Gasteiger partial charge in [0.2, 0.25) is 5.96 Å². The molecule has 1 aromatic rings. The van der Waals surface area contributed by atoms with E-state index in [1.807, 2.05) is 24.3 Å². The van der Waals surface area contributed by atoms with Crippen LogP contribution in [0.15, 0.2) is 29.3 Å². The molecular weight excluding hydrogens is 194 g/mol. The number of aliphatic imine (C=N–C) groups is 1. The lowest BCUT2D eigenvalue weighted by atomic mass is 10.1. The van der Waals surface area contributed by atoms with Crippen molar-refractivity contribution in [1.29, 1.82) is 0 Å². The maximum Gasteiger partial charge on any atom is 0.213 e. The van der Waals surface area contributed by atoms with Crippen molar-refractivity contribution >= 4 is 5.96 Å². The minimum Gasteiger partial charge on any atom is -0.488 e. The van der Waals surface area contributed by atoms with Gasteiger partial charge in [-0.1, -0.05) is 18.2 Å². The van der Waals surface area contributed by atoms with Crippen LogP contribution in [0.2, 0.25) is 0 Å². The van der Waals surface area contributed by atoms with Gasteiger partial charge in [-0.3, -0.25) is 5.21 Å². The van der Waals surface area contributed by atoms with Gasteiger partial charge in [-0.25, -0.2) is 10.5 Å². The van der Waals surface area contributed by atoms with E-state index in [9.17, 15) is 0 Å². The number of nitrogens with one attached hydrogen (secondary N) is 1. The number of fused-ring (bicyclic) bond motifs is 1. The van der Waals surface area contributed by atoms with E-state index in [4.69, 9.17) is 15.7 Å². The molecule has 15 heavy (non-hydrogen) atoms. The lowest BCUT2D eigenvalue weighted by Gasteiger charge is -2.07. The van der Waals surface area contributed by atoms with E-state index in [0.717, 1.165) is 12.2 Å². The quantitative estimate of drug-likeness (QED) is 0.370. The summed E-state index contributed by atoms with van der Waals surface area (Å²) in [5.41, 5.74) is 8.26. The van der Waals surface area contributed by atoms with Gasteiger partial charge in [0.15, 0.2) is 0 Å². The minimum absolute atomic E-state index is 0.00861. The van der Waals surface area contributed by atoms with Gasteiger partial charge in [-0.05, 0) is 11.6 Å². The molecular formula is C10H13N3O2. The minimum atomic E-state index is 0.00861. The van der Waals surface area contributed by atoms with Gasteiger partial charge in [0, 0.05) is 6.42 Å². The highest BCUT2D eigenvalue weighted by molar-refractivity contribution is 5.76. The topological polar surface area (TPSA) is 79.9 Å². The average molecular weight is 207 g/mol. The normalized spacial score (nSPS) is 19.5. The zero-order valence-electron chi connectivity index (χ0n) is 8.18. The maximum atomic E-state index is 8.44. The maximum absolute atomic E-state index is 8.44. The Morgan fingerprint density at radius 3 is 3.13 bits per heavy atom. The Bertz CT molecular complexity index is 354. The molecule has 2 rings (SSSR count). The molecule has 0 saturated carbocycles. The zero-order valence-corrected chi connectivity index (χ0v) is 8.18. The number of benzene rings is 1. The summed E-state index contributed by atoms with van der Waals surface area (Å²) in [6.45, 7) is 0.439. The third kappa shape index (κ3) is 2.19. The Hall–Kier alpha value is -1.75. The van der Waals surface area contributed by atoms with E-state index in [2.05, 4.69) is 4.99 Å². The number of nitrogens with two attached hydrogens (primary N) is 1. The molecule has 5 heteroatoms. The Morgan fingerprint density at radius 2 is 2.40 bits per heavy atom. The van der Waals surface area contributed by atoms with E-state index in [-0.39, 0.29) is 12.1 Å². The third-order valence-electron chi connectivity index (χ3n) is 2.29. The van der Waals surface area contributed by atoms with Crippen molar-refractivity contribution in [1.82, 2.24) is 5.48 Å². The number of hydrogen-bond acceptors (Lipinski definition) is 3. The van der Waals surface area contributed by atoms with Gasteiger partial charge in [-0.2, -0.15) is 0 Å². The Morgan fingerprint density at radius 1 is 1.60 bits per heavy atom. The molecule has 1 aromatic carbocycles. The molecule has 80 valence electrons. The van der Waals surface area contributed by atoms with Gasteiger partial charge in [0.25, 0.3) is 0 Å². The standard InChI is InChI=1S/C10H13N3O2/c11-10(13-14)12-6-8-5-7-3-1-2-4-9(7)15-8/h1-4,8,14H,5-6H2,(H3,11,12,13). The van der Waals surface area contributed by atoms with Crippen molar-refractivity contribution in [3.63, 3.8) is 0 Å². The Kier molecular flexibility index (Phi) is 2.73. The second-order valence-electron chi connectivity index (χ2n) is 3.39. The van der Waals surface area contributed by atoms with Crippen LogP contribution in [0, 0.1) is 0 Å². The van der Waals surface area contributed by atoms with E-state index < -0.39 is 0 Å². The van der Waals surface area contributed by atoms with Crippen molar-refractivity contribution < 1.29 is 9.94 Å². The van der Waals surface area contributed by atoms with Crippen LogP contribution in [0.25, 0.3) is 0 Å². The summed E-state index contributed by atoms with van der Waals surface area (Å²) in [6.07, 6.45) is 0.840. The fourth-order valence-corrected chi connectivity index (χ4v) is 1.59. The summed E-state index contributed by atoms with van der Waals surface area (Å²) < 4.78 is 5.63. The number of rotatable bonds is 2. The number of nitrogens with zero attached hydrogens (tertiary/aromatic N) is 1. The molecule has 0 saturated heterocycles. The molecule has 5 nitrogen and oxygen atoms in total. The molecule has 0 bridgehead atoms. The van der Waals surface area contributed by atoms with Gasteiger partial charge in [0.05, 0.1) is 6.54 Å². The van der Waals surface area contributed by atoms with E-state index in [1.165, 1.54) is 5.56 Å².